The SMILES string of the molecule is COc1ccc(-c2nc(SC(C)C(=O)N(C)C3CCCCC3)n[nH]2)cc1. The molecular weight excluding hydrogens is 348 g/mol. The van der Waals surface area contributed by atoms with Crippen LogP contribution in [-0.2, 0) is 4.79 Å². The van der Waals surface area contributed by atoms with Gasteiger partial charge in [0, 0.05) is 18.7 Å². The highest BCUT2D eigenvalue weighted by molar-refractivity contribution is 8.00. The minimum Gasteiger partial charge on any atom is -0.497 e. The second kappa shape index (κ2) is 8.58. The standard InChI is InChI=1S/C19H26N4O2S/c1-13(18(24)23(2)15-7-5-4-6-8-15)26-19-20-17(21-22-19)14-9-11-16(25-3)12-10-14/h9-13,15H,4-8H2,1-3H3,(H,20,21,22). The molecule has 6 nitrogen and oxygen atoms in total. The topological polar surface area (TPSA) is 71.1 Å². The van der Waals surface area contributed by atoms with Crippen LogP contribution in [0.5, 0.6) is 5.75 Å². The lowest BCUT2D eigenvalue weighted by molar-refractivity contribution is -0.131. The predicted octanol–water partition coefficient (Wildman–Crippen LogP) is 3.75. The molecule has 1 heterocycles. The van der Waals surface area contributed by atoms with E-state index in [4.69, 9.17) is 4.74 Å². The number of nitrogens with zero attached hydrogens (tertiary/aromatic N) is 3. The molecule has 1 N–H and O–H groups in total. The van der Waals surface area contributed by atoms with Gasteiger partial charge >= 0.3 is 0 Å². The number of benzene rings is 1. The molecule has 1 fully saturated rings. The summed E-state index contributed by atoms with van der Waals surface area (Å²) in [6, 6.07) is 8.01. The molecule has 1 aliphatic carbocycles. The van der Waals surface area contributed by atoms with Crippen LogP contribution < -0.4 is 4.74 Å². The van der Waals surface area contributed by atoms with Gasteiger partial charge in [-0.3, -0.25) is 9.89 Å². The molecule has 0 bridgehead atoms. The second-order valence-corrected chi connectivity index (χ2v) is 8.00. The fourth-order valence-electron chi connectivity index (χ4n) is 3.32. The van der Waals surface area contributed by atoms with Crippen LogP contribution in [0.3, 0.4) is 0 Å². The van der Waals surface area contributed by atoms with Crippen LogP contribution in [0.1, 0.15) is 39.0 Å². The summed E-state index contributed by atoms with van der Waals surface area (Å²) >= 11 is 1.40. The lowest BCUT2D eigenvalue weighted by Gasteiger charge is -2.32. The number of ether oxygens (including phenoxy) is 1. The second-order valence-electron chi connectivity index (χ2n) is 6.70. The fraction of sp³-hybridized carbons (Fsp3) is 0.526. The molecule has 0 radical (unpaired) electrons. The molecule has 1 unspecified atom stereocenters. The Morgan fingerprint density at radius 2 is 1.96 bits per heavy atom. The van der Waals surface area contributed by atoms with Crippen LogP contribution in [0.4, 0.5) is 0 Å². The van der Waals surface area contributed by atoms with Crippen molar-refractivity contribution in [2.45, 2.75) is 55.5 Å². The van der Waals surface area contributed by atoms with Crippen molar-refractivity contribution >= 4 is 17.7 Å². The van der Waals surface area contributed by atoms with Gasteiger partial charge in [-0.1, -0.05) is 31.0 Å². The molecular formula is C19H26N4O2S. The zero-order valence-electron chi connectivity index (χ0n) is 15.6. The number of hydrogen-bond donors (Lipinski definition) is 1. The molecule has 3 rings (SSSR count). The average Bonchev–Trinajstić information content (AvgIpc) is 3.16. The summed E-state index contributed by atoms with van der Waals surface area (Å²) in [6.07, 6.45) is 5.95. The Morgan fingerprint density at radius 1 is 1.27 bits per heavy atom. The van der Waals surface area contributed by atoms with Crippen molar-refractivity contribution in [3.8, 4) is 17.1 Å². The lowest BCUT2D eigenvalue weighted by Crippen LogP contribution is -2.42. The lowest BCUT2D eigenvalue weighted by atomic mass is 9.94. The molecule has 1 amide bonds. The quantitative estimate of drug-likeness (QED) is 0.780. The van der Waals surface area contributed by atoms with E-state index in [1.165, 1.54) is 31.0 Å². The van der Waals surface area contributed by atoms with Gasteiger partial charge in [-0.15, -0.1) is 5.10 Å². The molecule has 2 aromatic rings. The number of H-pyrrole nitrogens is 1. The molecule has 1 atom stereocenters. The highest BCUT2D eigenvalue weighted by Crippen LogP contribution is 2.27. The third-order valence-corrected chi connectivity index (χ3v) is 5.88. The first kappa shape index (κ1) is 18.8. The Kier molecular flexibility index (Phi) is 6.19. The molecule has 26 heavy (non-hydrogen) atoms. The van der Waals surface area contributed by atoms with E-state index in [0.29, 0.717) is 17.0 Å². The number of rotatable bonds is 6. The van der Waals surface area contributed by atoms with Crippen molar-refractivity contribution in [2.75, 3.05) is 14.2 Å². The molecule has 1 aliphatic rings. The van der Waals surface area contributed by atoms with Gasteiger partial charge in [0.05, 0.1) is 12.4 Å². The molecule has 1 saturated carbocycles. The summed E-state index contributed by atoms with van der Waals surface area (Å²) in [5.41, 5.74) is 0.934. The molecule has 7 heteroatoms. The summed E-state index contributed by atoms with van der Waals surface area (Å²) in [6.45, 7) is 1.93. The van der Waals surface area contributed by atoms with E-state index in [9.17, 15) is 4.79 Å². The van der Waals surface area contributed by atoms with Crippen molar-refractivity contribution in [3.05, 3.63) is 24.3 Å². The Labute approximate surface area is 158 Å². The summed E-state index contributed by atoms with van der Waals surface area (Å²) in [5.74, 6) is 1.64. The first-order valence-corrected chi connectivity index (χ1v) is 9.96. The maximum atomic E-state index is 12.7. The Morgan fingerprint density at radius 3 is 2.62 bits per heavy atom. The average molecular weight is 375 g/mol. The smallest absolute Gasteiger partial charge is 0.235 e. The summed E-state index contributed by atoms with van der Waals surface area (Å²) in [4.78, 5) is 19.2. The third kappa shape index (κ3) is 4.38. The van der Waals surface area contributed by atoms with E-state index in [0.717, 1.165) is 24.2 Å². The first-order chi connectivity index (χ1) is 12.6. The molecule has 140 valence electrons. The van der Waals surface area contributed by atoms with Crippen molar-refractivity contribution in [1.82, 2.24) is 20.1 Å². The minimum atomic E-state index is -0.207. The number of carbonyl (C=O) groups is 1. The van der Waals surface area contributed by atoms with E-state index in [-0.39, 0.29) is 11.2 Å². The summed E-state index contributed by atoms with van der Waals surface area (Å²) in [5, 5.41) is 7.59. The van der Waals surface area contributed by atoms with Gasteiger partial charge in [0.15, 0.2) is 5.82 Å². The highest BCUT2D eigenvalue weighted by atomic mass is 32.2. The number of hydrogen-bond acceptors (Lipinski definition) is 5. The third-order valence-electron chi connectivity index (χ3n) is 4.93. The van der Waals surface area contributed by atoms with E-state index < -0.39 is 0 Å². The fourth-order valence-corrected chi connectivity index (χ4v) is 4.15. The minimum absolute atomic E-state index is 0.151. The van der Waals surface area contributed by atoms with Crippen LogP contribution in [0.15, 0.2) is 29.4 Å². The number of methoxy groups -OCH3 is 1. The van der Waals surface area contributed by atoms with Crippen LogP contribution in [0, 0.1) is 0 Å². The van der Waals surface area contributed by atoms with Gasteiger partial charge in [0.25, 0.3) is 0 Å². The van der Waals surface area contributed by atoms with Crippen LogP contribution in [-0.4, -0.2) is 51.4 Å². The van der Waals surface area contributed by atoms with Gasteiger partial charge in [-0.05, 0) is 44.0 Å². The molecule has 0 saturated heterocycles. The molecule has 1 aromatic heterocycles. The largest absolute Gasteiger partial charge is 0.497 e. The zero-order valence-corrected chi connectivity index (χ0v) is 16.4. The number of aromatic nitrogens is 3. The van der Waals surface area contributed by atoms with Crippen LogP contribution in [0.25, 0.3) is 11.4 Å². The Hall–Kier alpha value is -2.02. The molecule has 0 aliphatic heterocycles. The maximum Gasteiger partial charge on any atom is 0.235 e. The summed E-state index contributed by atoms with van der Waals surface area (Å²) < 4.78 is 5.17. The van der Waals surface area contributed by atoms with Gasteiger partial charge in [-0.2, -0.15) is 0 Å². The summed E-state index contributed by atoms with van der Waals surface area (Å²) in [7, 11) is 3.57. The maximum absolute atomic E-state index is 12.7. The van der Waals surface area contributed by atoms with Gasteiger partial charge in [0.2, 0.25) is 11.1 Å². The first-order valence-electron chi connectivity index (χ1n) is 9.08. The zero-order chi connectivity index (χ0) is 18.5. The van der Waals surface area contributed by atoms with Gasteiger partial charge in [0.1, 0.15) is 5.75 Å². The van der Waals surface area contributed by atoms with E-state index >= 15 is 0 Å². The number of nitrogens with one attached hydrogen (secondary N) is 1. The predicted molar refractivity (Wildman–Crippen MR) is 103 cm³/mol. The van der Waals surface area contributed by atoms with Gasteiger partial charge in [-0.25, -0.2) is 4.98 Å². The normalized spacial score (nSPS) is 16.3. The van der Waals surface area contributed by atoms with Crippen LogP contribution in [0.2, 0.25) is 0 Å². The molecule has 0 spiro atoms. The van der Waals surface area contributed by atoms with Gasteiger partial charge < -0.3 is 9.64 Å². The van der Waals surface area contributed by atoms with Crippen LogP contribution >= 0.6 is 11.8 Å². The monoisotopic (exact) mass is 374 g/mol. The van der Waals surface area contributed by atoms with E-state index in [1.807, 2.05) is 43.1 Å². The molecule has 1 aromatic carbocycles. The number of carbonyl (C=O) groups excluding carboxylic acids is 1. The number of aromatic amines is 1. The number of amides is 1. The van der Waals surface area contributed by atoms with Crippen molar-refractivity contribution < 1.29 is 9.53 Å². The Balaban J connectivity index is 1.61. The van der Waals surface area contributed by atoms with E-state index in [2.05, 4.69) is 15.2 Å². The van der Waals surface area contributed by atoms with Crippen molar-refractivity contribution in [3.63, 3.8) is 0 Å². The van der Waals surface area contributed by atoms with Crippen molar-refractivity contribution in [2.24, 2.45) is 0 Å². The van der Waals surface area contributed by atoms with E-state index in [1.54, 1.807) is 7.11 Å². The Bertz CT molecular complexity index is 725. The highest BCUT2D eigenvalue weighted by Gasteiger charge is 2.27. The number of thioether (sulfide) groups is 1. The van der Waals surface area contributed by atoms with Crippen molar-refractivity contribution in [1.29, 1.82) is 0 Å².